The molecule has 0 radical (unpaired) electrons. The fourth-order valence-corrected chi connectivity index (χ4v) is 5.66. The zero-order valence-corrected chi connectivity index (χ0v) is 17.7. The first-order valence-corrected chi connectivity index (χ1v) is 11.1. The molecule has 1 heterocycles. The monoisotopic (exact) mass is 395 g/mol. The molecule has 3 aromatic carbocycles. The topological polar surface area (TPSA) is 20.3 Å². The quantitative estimate of drug-likeness (QED) is 0.574. The van der Waals surface area contributed by atoms with Gasteiger partial charge in [-0.1, -0.05) is 78.9 Å². The second-order valence-electron chi connectivity index (χ2n) is 8.98. The predicted octanol–water partition coefficient (Wildman–Crippen LogP) is 5.58. The van der Waals surface area contributed by atoms with Gasteiger partial charge in [-0.25, -0.2) is 0 Å². The molecule has 5 rings (SSSR count). The van der Waals surface area contributed by atoms with Crippen molar-refractivity contribution in [2.75, 3.05) is 13.1 Å². The fraction of sp³-hybridized carbons (Fsp3) is 0.321. The molecule has 2 heteroatoms. The summed E-state index contributed by atoms with van der Waals surface area (Å²) in [6.45, 7) is 5.31. The Morgan fingerprint density at radius 3 is 2.27 bits per heavy atom. The maximum atomic E-state index is 13.8. The number of nitrogens with zero attached hydrogens (tertiary/aromatic N) is 1. The van der Waals surface area contributed by atoms with Gasteiger partial charge in [-0.15, -0.1) is 0 Å². The first-order chi connectivity index (χ1) is 14.7. The van der Waals surface area contributed by atoms with Gasteiger partial charge in [0.15, 0.2) is 5.78 Å². The number of Topliss-reactive ketones (excluding diaryl/α,β-unsaturated/α-hetero) is 1. The first kappa shape index (κ1) is 19.3. The van der Waals surface area contributed by atoms with E-state index in [2.05, 4.69) is 78.6 Å². The third-order valence-electron chi connectivity index (χ3n) is 7.37. The van der Waals surface area contributed by atoms with Gasteiger partial charge in [-0.05, 0) is 67.4 Å². The van der Waals surface area contributed by atoms with Crippen molar-refractivity contribution in [3.05, 3.63) is 107 Å². The van der Waals surface area contributed by atoms with Crippen molar-refractivity contribution < 1.29 is 4.79 Å². The molecule has 1 fully saturated rings. The molecule has 2 aliphatic rings. The lowest BCUT2D eigenvalue weighted by Crippen LogP contribution is -2.47. The zero-order valence-electron chi connectivity index (χ0n) is 17.7. The first-order valence-electron chi connectivity index (χ1n) is 11.1. The van der Waals surface area contributed by atoms with Crippen molar-refractivity contribution in [2.45, 2.75) is 38.1 Å². The molecule has 3 aromatic rings. The van der Waals surface area contributed by atoms with Gasteiger partial charge in [0, 0.05) is 12.1 Å². The van der Waals surface area contributed by atoms with E-state index in [-0.39, 0.29) is 0 Å². The second-order valence-corrected chi connectivity index (χ2v) is 8.98. The molecule has 1 aliphatic carbocycles. The van der Waals surface area contributed by atoms with Crippen LogP contribution in [0.5, 0.6) is 0 Å². The van der Waals surface area contributed by atoms with E-state index < -0.39 is 5.41 Å². The lowest BCUT2D eigenvalue weighted by Gasteiger charge is -2.42. The van der Waals surface area contributed by atoms with Crippen LogP contribution in [0.4, 0.5) is 0 Å². The minimum absolute atomic E-state index is 0.335. The van der Waals surface area contributed by atoms with E-state index in [1.165, 1.54) is 22.3 Å². The van der Waals surface area contributed by atoms with E-state index in [9.17, 15) is 4.79 Å². The minimum atomic E-state index is -0.403. The molecule has 2 nitrogen and oxygen atoms in total. The van der Waals surface area contributed by atoms with Crippen molar-refractivity contribution in [1.82, 2.24) is 4.90 Å². The average molecular weight is 396 g/mol. The Kier molecular flexibility index (Phi) is 5.04. The van der Waals surface area contributed by atoms with Crippen molar-refractivity contribution in [3.8, 4) is 0 Å². The molecule has 0 saturated carbocycles. The van der Waals surface area contributed by atoms with Gasteiger partial charge in [0.05, 0.1) is 5.41 Å². The molecular weight excluding hydrogens is 366 g/mol. The number of rotatable bonds is 4. The number of likely N-dealkylation sites (tertiary alicyclic amines) is 1. The predicted molar refractivity (Wildman–Crippen MR) is 122 cm³/mol. The van der Waals surface area contributed by atoms with E-state index in [0.29, 0.717) is 11.7 Å². The number of fused-ring (bicyclic) bond motifs is 1. The van der Waals surface area contributed by atoms with Crippen LogP contribution in [-0.4, -0.2) is 23.8 Å². The molecule has 0 amide bonds. The largest absolute Gasteiger partial charge is 0.299 e. The van der Waals surface area contributed by atoms with Crippen LogP contribution in [0.3, 0.4) is 0 Å². The number of ketones is 1. The van der Waals surface area contributed by atoms with Crippen molar-refractivity contribution in [1.29, 1.82) is 0 Å². The third-order valence-corrected chi connectivity index (χ3v) is 7.37. The summed E-state index contributed by atoms with van der Waals surface area (Å²) in [6.07, 6.45) is 2.98. The van der Waals surface area contributed by atoms with E-state index in [4.69, 9.17) is 0 Å². The number of carbonyl (C=O) groups excluding carboxylic acids is 1. The van der Waals surface area contributed by atoms with Crippen molar-refractivity contribution in [3.63, 3.8) is 0 Å². The highest BCUT2D eigenvalue weighted by molar-refractivity contribution is 6.08. The van der Waals surface area contributed by atoms with Gasteiger partial charge in [0.2, 0.25) is 0 Å². The highest BCUT2D eigenvalue weighted by atomic mass is 16.1. The smallest absolute Gasteiger partial charge is 0.174 e. The maximum absolute atomic E-state index is 13.8. The molecule has 0 aromatic heterocycles. The molecule has 0 spiro atoms. The Bertz CT molecular complexity index is 1050. The van der Waals surface area contributed by atoms with Gasteiger partial charge in [0.25, 0.3) is 0 Å². The van der Waals surface area contributed by atoms with E-state index >= 15 is 0 Å². The van der Waals surface area contributed by atoms with Gasteiger partial charge in [-0.3, -0.25) is 9.69 Å². The number of piperidine rings is 1. The molecule has 1 saturated heterocycles. The molecule has 1 unspecified atom stereocenters. The van der Waals surface area contributed by atoms with Crippen LogP contribution in [0.15, 0.2) is 78.9 Å². The fourth-order valence-electron chi connectivity index (χ4n) is 5.66. The summed E-state index contributed by atoms with van der Waals surface area (Å²) < 4.78 is 0. The Labute approximate surface area is 179 Å². The van der Waals surface area contributed by atoms with Gasteiger partial charge >= 0.3 is 0 Å². The van der Waals surface area contributed by atoms with Crippen LogP contribution >= 0.6 is 0 Å². The molecular formula is C28H29NO. The molecule has 1 atom stereocenters. The highest BCUT2D eigenvalue weighted by Crippen LogP contribution is 2.48. The maximum Gasteiger partial charge on any atom is 0.174 e. The Hall–Kier alpha value is -2.71. The van der Waals surface area contributed by atoms with Crippen LogP contribution in [-0.2, 0) is 18.4 Å². The van der Waals surface area contributed by atoms with Crippen molar-refractivity contribution >= 4 is 5.78 Å². The summed E-state index contributed by atoms with van der Waals surface area (Å²) in [5.74, 6) is 0.717. The molecule has 0 N–H and O–H groups in total. The minimum Gasteiger partial charge on any atom is -0.299 e. The number of hydrogen-bond donors (Lipinski definition) is 0. The summed E-state index contributed by atoms with van der Waals surface area (Å²) in [6, 6.07) is 27.5. The summed E-state index contributed by atoms with van der Waals surface area (Å²) in [4.78, 5) is 16.4. The highest BCUT2D eigenvalue weighted by Gasteiger charge is 2.52. The lowest BCUT2D eigenvalue weighted by molar-refractivity contribution is 0.0735. The molecule has 1 aliphatic heterocycles. The zero-order chi connectivity index (χ0) is 20.6. The Morgan fingerprint density at radius 1 is 0.867 bits per heavy atom. The Balaban J connectivity index is 1.41. The Morgan fingerprint density at radius 2 is 1.53 bits per heavy atom. The lowest BCUT2D eigenvalue weighted by atomic mass is 9.64. The normalized spacial score (nSPS) is 22.2. The molecule has 0 bridgehead atoms. The number of carbonyl (C=O) groups is 1. The number of benzene rings is 3. The van der Waals surface area contributed by atoms with Crippen LogP contribution in [0.2, 0.25) is 0 Å². The standard InChI is InChI=1S/C28H29NO/c1-21-9-5-6-11-23(21)20-29-17-15-25(16-18-29)28(24-12-3-2-4-13-24)19-22-10-7-8-14-26(22)27(28)30/h2-14,25H,15-20H2,1H3. The summed E-state index contributed by atoms with van der Waals surface area (Å²) in [7, 11) is 0. The van der Waals surface area contributed by atoms with Gasteiger partial charge in [-0.2, -0.15) is 0 Å². The van der Waals surface area contributed by atoms with E-state index in [1.807, 2.05) is 12.1 Å². The van der Waals surface area contributed by atoms with Crippen LogP contribution < -0.4 is 0 Å². The summed E-state index contributed by atoms with van der Waals surface area (Å²) in [5, 5.41) is 0. The third kappa shape index (κ3) is 3.20. The van der Waals surface area contributed by atoms with Crippen LogP contribution in [0.1, 0.15) is 45.5 Å². The van der Waals surface area contributed by atoms with Gasteiger partial charge < -0.3 is 0 Å². The molecule has 30 heavy (non-hydrogen) atoms. The number of hydrogen-bond acceptors (Lipinski definition) is 2. The van der Waals surface area contributed by atoms with Crippen LogP contribution in [0.25, 0.3) is 0 Å². The number of aryl methyl sites for hydroxylation is 1. The van der Waals surface area contributed by atoms with Crippen molar-refractivity contribution in [2.24, 2.45) is 5.92 Å². The SMILES string of the molecule is Cc1ccccc1CN1CCC(C2(c3ccccc3)Cc3ccccc3C2=O)CC1. The van der Waals surface area contributed by atoms with E-state index in [0.717, 1.165) is 44.5 Å². The summed E-state index contributed by atoms with van der Waals surface area (Å²) in [5.41, 5.74) is 5.72. The average Bonchev–Trinajstić information content (AvgIpc) is 3.10. The van der Waals surface area contributed by atoms with Crippen LogP contribution in [0, 0.1) is 12.8 Å². The molecule has 152 valence electrons. The summed E-state index contributed by atoms with van der Waals surface area (Å²) >= 11 is 0. The van der Waals surface area contributed by atoms with Gasteiger partial charge in [0.1, 0.15) is 0 Å². The second kappa shape index (κ2) is 7.85. The van der Waals surface area contributed by atoms with E-state index in [1.54, 1.807) is 0 Å².